The van der Waals surface area contributed by atoms with E-state index in [9.17, 15) is 4.79 Å². The summed E-state index contributed by atoms with van der Waals surface area (Å²) in [6.45, 7) is 0. The van der Waals surface area contributed by atoms with Crippen LogP contribution in [0.2, 0.25) is 0 Å². The lowest BCUT2D eigenvalue weighted by Gasteiger charge is -2.02. The van der Waals surface area contributed by atoms with Gasteiger partial charge in [0.05, 0.1) is 0 Å². The van der Waals surface area contributed by atoms with E-state index in [1.807, 2.05) is 0 Å². The number of aldehydes is 1. The van der Waals surface area contributed by atoms with Crippen LogP contribution in [0.4, 0.5) is 5.69 Å². The van der Waals surface area contributed by atoms with Gasteiger partial charge in [0.2, 0.25) is 0 Å². The summed E-state index contributed by atoms with van der Waals surface area (Å²) in [5, 5.41) is 3.79. The summed E-state index contributed by atoms with van der Waals surface area (Å²) in [4.78, 5) is 10.6. The van der Waals surface area contributed by atoms with E-state index >= 15 is 0 Å². The van der Waals surface area contributed by atoms with E-state index in [1.54, 1.807) is 31.3 Å². The predicted octanol–water partition coefficient (Wildman–Crippen LogP) is 0.391. The number of carbonyl (C=O) groups is 1. The van der Waals surface area contributed by atoms with Crippen molar-refractivity contribution in [1.82, 2.24) is 5.43 Å². The van der Waals surface area contributed by atoms with Crippen LogP contribution in [0, 0.1) is 0 Å². The minimum atomic E-state index is 0.306. The number of hydrazone groups is 1. The summed E-state index contributed by atoms with van der Waals surface area (Å²) >= 11 is 0. The summed E-state index contributed by atoms with van der Waals surface area (Å²) in [6, 6.07) is 7.09. The molecule has 0 fully saturated rings. The van der Waals surface area contributed by atoms with Crippen molar-refractivity contribution in [1.29, 1.82) is 0 Å². The molecule has 0 spiro atoms. The molecule has 0 amide bonds. The Bertz CT molecular complexity index is 333. The van der Waals surface area contributed by atoms with Gasteiger partial charge < -0.3 is 11.2 Å². The van der Waals surface area contributed by atoms with Gasteiger partial charge >= 0.3 is 0 Å². The Kier molecular flexibility index (Phi) is 3.03. The highest BCUT2D eigenvalue weighted by Gasteiger charge is 2.04. The first-order valence-electron chi connectivity index (χ1n) is 3.84. The number of nitrogens with zero attached hydrogens (tertiary/aromatic N) is 1. The van der Waals surface area contributed by atoms with E-state index in [-0.39, 0.29) is 0 Å². The maximum Gasteiger partial charge on any atom is 0.170 e. The van der Waals surface area contributed by atoms with Crippen LogP contribution in [0.25, 0.3) is 0 Å². The molecule has 68 valence electrons. The summed E-state index contributed by atoms with van der Waals surface area (Å²) in [5.74, 6) is 0. The first-order valence-corrected chi connectivity index (χ1v) is 3.84. The van der Waals surface area contributed by atoms with Gasteiger partial charge in [-0.05, 0) is 6.07 Å². The van der Waals surface area contributed by atoms with E-state index in [2.05, 4.69) is 10.5 Å². The second-order valence-corrected chi connectivity index (χ2v) is 2.43. The lowest BCUT2D eigenvalue weighted by Crippen LogP contribution is -2.10. The Morgan fingerprint density at radius 3 is 2.77 bits per heavy atom. The van der Waals surface area contributed by atoms with Gasteiger partial charge in [0.1, 0.15) is 5.71 Å². The van der Waals surface area contributed by atoms with Gasteiger partial charge in [0.15, 0.2) is 6.29 Å². The van der Waals surface area contributed by atoms with Crippen molar-refractivity contribution < 1.29 is 4.79 Å². The molecule has 0 aliphatic carbocycles. The van der Waals surface area contributed by atoms with Crippen molar-refractivity contribution in [2.45, 2.75) is 0 Å². The molecule has 0 saturated heterocycles. The zero-order valence-corrected chi connectivity index (χ0v) is 7.32. The van der Waals surface area contributed by atoms with Crippen molar-refractivity contribution in [3.63, 3.8) is 0 Å². The number of benzene rings is 1. The molecule has 4 heteroatoms. The zero-order chi connectivity index (χ0) is 9.68. The largest absolute Gasteiger partial charge is 0.398 e. The standard InChI is InChI=1S/C9H11N3O/c1-11-12-9(6-13)7-4-2-3-5-8(7)10/h2-6,11H,10H2,1H3/b12-9+. The molecule has 0 heterocycles. The van der Waals surface area contributed by atoms with Crippen LogP contribution >= 0.6 is 0 Å². The van der Waals surface area contributed by atoms with Crippen LogP contribution in [-0.4, -0.2) is 19.0 Å². The number of anilines is 1. The fraction of sp³-hybridized carbons (Fsp3) is 0.111. The highest BCUT2D eigenvalue weighted by Crippen LogP contribution is 2.10. The molecule has 13 heavy (non-hydrogen) atoms. The Morgan fingerprint density at radius 1 is 1.54 bits per heavy atom. The fourth-order valence-electron chi connectivity index (χ4n) is 1.00. The van der Waals surface area contributed by atoms with Crippen LogP contribution in [0.1, 0.15) is 5.56 Å². The van der Waals surface area contributed by atoms with Crippen molar-refractivity contribution in [2.75, 3.05) is 12.8 Å². The second kappa shape index (κ2) is 4.25. The first-order chi connectivity index (χ1) is 6.29. The number of hydrogen-bond acceptors (Lipinski definition) is 4. The molecule has 4 nitrogen and oxygen atoms in total. The first kappa shape index (κ1) is 9.25. The Labute approximate surface area is 76.4 Å². The fourth-order valence-corrected chi connectivity index (χ4v) is 1.00. The molecular formula is C9H11N3O. The van der Waals surface area contributed by atoms with E-state index in [4.69, 9.17) is 5.73 Å². The van der Waals surface area contributed by atoms with Gasteiger partial charge in [-0.15, -0.1) is 0 Å². The maximum absolute atomic E-state index is 10.6. The molecule has 0 atom stereocenters. The number of rotatable bonds is 3. The van der Waals surface area contributed by atoms with Crippen LogP contribution < -0.4 is 11.2 Å². The summed E-state index contributed by atoms with van der Waals surface area (Å²) in [6.07, 6.45) is 0.669. The molecule has 0 aromatic heterocycles. The summed E-state index contributed by atoms with van der Waals surface area (Å²) in [7, 11) is 1.63. The lowest BCUT2D eigenvalue weighted by molar-refractivity contribution is -0.102. The van der Waals surface area contributed by atoms with Gasteiger partial charge in [-0.1, -0.05) is 18.2 Å². The molecule has 0 aliphatic rings. The monoisotopic (exact) mass is 177 g/mol. The molecule has 3 N–H and O–H groups in total. The number of para-hydroxylation sites is 1. The van der Waals surface area contributed by atoms with Gasteiger partial charge in [0, 0.05) is 18.3 Å². The molecule has 0 unspecified atom stereocenters. The molecule has 0 bridgehead atoms. The van der Waals surface area contributed by atoms with E-state index < -0.39 is 0 Å². The van der Waals surface area contributed by atoms with Crippen molar-refractivity contribution in [2.24, 2.45) is 5.10 Å². The Morgan fingerprint density at radius 2 is 2.23 bits per heavy atom. The average Bonchev–Trinajstić information content (AvgIpc) is 2.16. The van der Waals surface area contributed by atoms with E-state index in [0.717, 1.165) is 0 Å². The van der Waals surface area contributed by atoms with E-state index in [0.29, 0.717) is 23.2 Å². The minimum absolute atomic E-state index is 0.306. The van der Waals surface area contributed by atoms with Gasteiger partial charge in [-0.3, -0.25) is 4.79 Å². The number of nitrogen functional groups attached to an aromatic ring is 1. The van der Waals surface area contributed by atoms with Crippen LogP contribution in [0.3, 0.4) is 0 Å². The molecule has 0 aliphatic heterocycles. The van der Waals surface area contributed by atoms with E-state index in [1.165, 1.54) is 0 Å². The average molecular weight is 177 g/mol. The number of nitrogens with one attached hydrogen (secondary N) is 1. The third kappa shape index (κ3) is 2.05. The lowest BCUT2D eigenvalue weighted by atomic mass is 10.1. The third-order valence-electron chi connectivity index (χ3n) is 1.58. The number of carbonyl (C=O) groups excluding carboxylic acids is 1. The SMILES string of the molecule is CN/N=C(\C=O)c1ccccc1N. The molecule has 1 rings (SSSR count). The summed E-state index contributed by atoms with van der Waals surface area (Å²) in [5.41, 5.74) is 9.70. The quantitative estimate of drug-likeness (QED) is 0.304. The van der Waals surface area contributed by atoms with Crippen molar-refractivity contribution >= 4 is 17.7 Å². The Hall–Kier alpha value is -1.84. The van der Waals surface area contributed by atoms with Crippen molar-refractivity contribution in [3.05, 3.63) is 29.8 Å². The zero-order valence-electron chi connectivity index (χ0n) is 7.32. The maximum atomic E-state index is 10.6. The molecule has 0 radical (unpaired) electrons. The van der Waals surface area contributed by atoms with Gasteiger partial charge in [-0.25, -0.2) is 0 Å². The highest BCUT2D eigenvalue weighted by molar-refractivity contribution is 6.37. The summed E-state index contributed by atoms with van der Waals surface area (Å²) < 4.78 is 0. The Balaban J connectivity index is 3.12. The van der Waals surface area contributed by atoms with Crippen LogP contribution in [0.5, 0.6) is 0 Å². The smallest absolute Gasteiger partial charge is 0.170 e. The number of nitrogens with two attached hydrogens (primary N) is 1. The van der Waals surface area contributed by atoms with Crippen LogP contribution in [-0.2, 0) is 4.79 Å². The predicted molar refractivity (Wildman–Crippen MR) is 52.5 cm³/mol. The normalized spacial score (nSPS) is 11.0. The topological polar surface area (TPSA) is 67.5 Å². The van der Waals surface area contributed by atoms with Gasteiger partial charge in [0.25, 0.3) is 0 Å². The van der Waals surface area contributed by atoms with Crippen molar-refractivity contribution in [3.8, 4) is 0 Å². The van der Waals surface area contributed by atoms with Crippen LogP contribution in [0.15, 0.2) is 29.4 Å². The van der Waals surface area contributed by atoms with Gasteiger partial charge in [-0.2, -0.15) is 5.10 Å². The highest BCUT2D eigenvalue weighted by atomic mass is 16.1. The number of hydrogen-bond donors (Lipinski definition) is 2. The second-order valence-electron chi connectivity index (χ2n) is 2.43. The minimum Gasteiger partial charge on any atom is -0.398 e. The third-order valence-corrected chi connectivity index (χ3v) is 1.58. The molecule has 1 aromatic carbocycles. The molecule has 1 aromatic rings. The molecule has 0 saturated carbocycles. The molecular weight excluding hydrogens is 166 g/mol.